The van der Waals surface area contributed by atoms with E-state index in [4.69, 9.17) is 0 Å². The van der Waals surface area contributed by atoms with Gasteiger partial charge in [-0.25, -0.2) is 0 Å². The number of nitrogens with zero attached hydrogens (tertiary/aromatic N) is 1. The Bertz CT molecular complexity index is 464. The molecule has 1 saturated heterocycles. The van der Waals surface area contributed by atoms with E-state index in [0.717, 1.165) is 29.7 Å². The predicted molar refractivity (Wildman–Crippen MR) is 81.6 cm³/mol. The number of carbonyl (C=O) groups excluding carboxylic acids is 1. The SMILES string of the molecule is CNCCC1C(=O)NCCN1c1ccc(C)cc1Br. The van der Waals surface area contributed by atoms with Gasteiger partial charge in [-0.2, -0.15) is 0 Å². The first-order chi connectivity index (χ1) is 9.13. The number of amides is 1. The topological polar surface area (TPSA) is 44.4 Å². The second-order valence-electron chi connectivity index (χ2n) is 4.85. The Morgan fingerprint density at radius 2 is 2.32 bits per heavy atom. The number of carbonyl (C=O) groups is 1. The van der Waals surface area contributed by atoms with Gasteiger partial charge in [0.15, 0.2) is 0 Å². The molecule has 0 aromatic heterocycles. The van der Waals surface area contributed by atoms with Gasteiger partial charge in [0.05, 0.1) is 5.69 Å². The number of benzene rings is 1. The Morgan fingerprint density at radius 3 is 3.00 bits per heavy atom. The highest BCUT2D eigenvalue weighted by molar-refractivity contribution is 9.10. The quantitative estimate of drug-likeness (QED) is 0.885. The van der Waals surface area contributed by atoms with Gasteiger partial charge in [0.1, 0.15) is 6.04 Å². The summed E-state index contributed by atoms with van der Waals surface area (Å²) >= 11 is 3.61. The smallest absolute Gasteiger partial charge is 0.242 e. The molecule has 0 aliphatic carbocycles. The molecule has 19 heavy (non-hydrogen) atoms. The molecule has 1 aliphatic rings. The van der Waals surface area contributed by atoms with E-state index < -0.39 is 0 Å². The fraction of sp³-hybridized carbons (Fsp3) is 0.500. The van der Waals surface area contributed by atoms with Crippen LogP contribution in [-0.2, 0) is 4.79 Å². The van der Waals surface area contributed by atoms with E-state index in [2.05, 4.69) is 56.6 Å². The molecule has 5 heteroatoms. The number of hydrogen-bond donors (Lipinski definition) is 2. The third kappa shape index (κ3) is 3.28. The van der Waals surface area contributed by atoms with Crippen LogP contribution < -0.4 is 15.5 Å². The zero-order valence-electron chi connectivity index (χ0n) is 11.4. The van der Waals surface area contributed by atoms with E-state index in [0.29, 0.717) is 6.54 Å². The van der Waals surface area contributed by atoms with Gasteiger partial charge >= 0.3 is 0 Å². The zero-order valence-corrected chi connectivity index (χ0v) is 13.0. The van der Waals surface area contributed by atoms with Crippen LogP contribution in [0.25, 0.3) is 0 Å². The molecule has 1 unspecified atom stereocenters. The maximum Gasteiger partial charge on any atom is 0.242 e. The molecule has 0 radical (unpaired) electrons. The molecule has 0 saturated carbocycles. The van der Waals surface area contributed by atoms with E-state index in [1.54, 1.807) is 0 Å². The average molecular weight is 326 g/mol. The number of nitrogens with one attached hydrogen (secondary N) is 2. The van der Waals surface area contributed by atoms with Crippen LogP contribution in [0, 0.1) is 6.92 Å². The molecule has 1 aromatic rings. The van der Waals surface area contributed by atoms with Crippen molar-refractivity contribution in [2.45, 2.75) is 19.4 Å². The summed E-state index contributed by atoms with van der Waals surface area (Å²) in [5.74, 6) is 0.119. The van der Waals surface area contributed by atoms with Gasteiger partial charge in [0, 0.05) is 17.6 Å². The summed E-state index contributed by atoms with van der Waals surface area (Å²) in [4.78, 5) is 14.3. The Balaban J connectivity index is 2.25. The third-order valence-electron chi connectivity index (χ3n) is 3.41. The first-order valence-corrected chi connectivity index (χ1v) is 7.38. The molecule has 1 heterocycles. The third-order valence-corrected chi connectivity index (χ3v) is 4.05. The lowest BCUT2D eigenvalue weighted by molar-refractivity contribution is -0.123. The Morgan fingerprint density at radius 1 is 1.53 bits per heavy atom. The van der Waals surface area contributed by atoms with Gasteiger partial charge in [-0.05, 0) is 60.6 Å². The second-order valence-corrected chi connectivity index (χ2v) is 5.70. The van der Waals surface area contributed by atoms with Gasteiger partial charge < -0.3 is 15.5 Å². The minimum atomic E-state index is -0.0970. The molecule has 1 aromatic carbocycles. The Kier molecular flexibility index (Phi) is 4.82. The molecule has 2 rings (SSSR count). The number of anilines is 1. The number of piperazine rings is 1. The van der Waals surface area contributed by atoms with Crippen LogP contribution in [0.1, 0.15) is 12.0 Å². The lowest BCUT2D eigenvalue weighted by atomic mass is 10.1. The minimum Gasteiger partial charge on any atom is -0.357 e. The van der Waals surface area contributed by atoms with Crippen molar-refractivity contribution in [1.82, 2.24) is 10.6 Å². The highest BCUT2D eigenvalue weighted by atomic mass is 79.9. The Hall–Kier alpha value is -1.07. The summed E-state index contributed by atoms with van der Waals surface area (Å²) in [6.07, 6.45) is 0.808. The van der Waals surface area contributed by atoms with Gasteiger partial charge in [0.2, 0.25) is 5.91 Å². The van der Waals surface area contributed by atoms with Crippen molar-refractivity contribution in [3.8, 4) is 0 Å². The predicted octanol–water partition coefficient (Wildman–Crippen LogP) is 1.67. The molecule has 0 bridgehead atoms. The van der Waals surface area contributed by atoms with E-state index in [-0.39, 0.29) is 11.9 Å². The van der Waals surface area contributed by atoms with Crippen LogP contribution in [0.2, 0.25) is 0 Å². The molecule has 1 atom stereocenters. The van der Waals surface area contributed by atoms with Gasteiger partial charge in [-0.15, -0.1) is 0 Å². The standard InChI is InChI=1S/C14H20BrN3O/c1-10-3-4-12(11(15)9-10)18-8-7-17-14(19)13(18)5-6-16-2/h3-4,9,13,16H,5-8H2,1-2H3,(H,17,19). The maximum absolute atomic E-state index is 12.1. The first-order valence-electron chi connectivity index (χ1n) is 6.58. The molecule has 104 valence electrons. The number of hydrogen-bond acceptors (Lipinski definition) is 3. The summed E-state index contributed by atoms with van der Waals surface area (Å²) in [5, 5.41) is 6.06. The van der Waals surface area contributed by atoms with E-state index in [1.165, 1.54) is 5.56 Å². The van der Waals surface area contributed by atoms with Crippen LogP contribution in [0.5, 0.6) is 0 Å². The van der Waals surface area contributed by atoms with E-state index >= 15 is 0 Å². The van der Waals surface area contributed by atoms with Gasteiger partial charge in [-0.1, -0.05) is 6.07 Å². The fourth-order valence-corrected chi connectivity index (χ4v) is 3.14. The van der Waals surface area contributed by atoms with Crippen molar-refractivity contribution < 1.29 is 4.79 Å². The summed E-state index contributed by atoms with van der Waals surface area (Å²) < 4.78 is 1.05. The number of aryl methyl sites for hydroxylation is 1. The molecule has 1 aliphatic heterocycles. The first kappa shape index (κ1) is 14.3. The zero-order chi connectivity index (χ0) is 13.8. The Labute approximate surface area is 122 Å². The van der Waals surface area contributed by atoms with E-state index in [1.807, 2.05) is 7.05 Å². The van der Waals surface area contributed by atoms with Gasteiger partial charge in [-0.3, -0.25) is 4.79 Å². The average Bonchev–Trinajstić information content (AvgIpc) is 2.37. The van der Waals surface area contributed by atoms with Crippen molar-refractivity contribution in [2.75, 3.05) is 31.6 Å². The maximum atomic E-state index is 12.1. The van der Waals surface area contributed by atoms with Crippen molar-refractivity contribution in [3.63, 3.8) is 0 Å². The summed E-state index contributed by atoms with van der Waals surface area (Å²) in [7, 11) is 1.91. The summed E-state index contributed by atoms with van der Waals surface area (Å²) in [6, 6.07) is 6.17. The largest absolute Gasteiger partial charge is 0.357 e. The molecule has 2 N–H and O–H groups in total. The minimum absolute atomic E-state index is 0.0970. The highest BCUT2D eigenvalue weighted by Crippen LogP contribution is 2.30. The summed E-state index contributed by atoms with van der Waals surface area (Å²) in [5.41, 5.74) is 2.31. The van der Waals surface area contributed by atoms with Crippen LogP contribution in [0.15, 0.2) is 22.7 Å². The number of halogens is 1. The lowest BCUT2D eigenvalue weighted by Crippen LogP contribution is -2.56. The van der Waals surface area contributed by atoms with Crippen molar-refractivity contribution in [3.05, 3.63) is 28.2 Å². The van der Waals surface area contributed by atoms with Crippen molar-refractivity contribution >= 4 is 27.5 Å². The van der Waals surface area contributed by atoms with Crippen LogP contribution >= 0.6 is 15.9 Å². The molecular weight excluding hydrogens is 306 g/mol. The highest BCUT2D eigenvalue weighted by Gasteiger charge is 2.30. The molecule has 1 fully saturated rings. The molecule has 1 amide bonds. The molecular formula is C14H20BrN3O. The second kappa shape index (κ2) is 6.39. The monoisotopic (exact) mass is 325 g/mol. The number of rotatable bonds is 4. The van der Waals surface area contributed by atoms with Crippen LogP contribution in [0.4, 0.5) is 5.69 Å². The normalized spacial score (nSPS) is 19.4. The molecule has 0 spiro atoms. The van der Waals surface area contributed by atoms with Gasteiger partial charge in [0.25, 0.3) is 0 Å². The van der Waals surface area contributed by atoms with Crippen LogP contribution in [-0.4, -0.2) is 38.6 Å². The lowest BCUT2D eigenvalue weighted by Gasteiger charge is -2.37. The van der Waals surface area contributed by atoms with Crippen molar-refractivity contribution in [2.24, 2.45) is 0 Å². The molecule has 4 nitrogen and oxygen atoms in total. The summed E-state index contributed by atoms with van der Waals surface area (Å²) in [6.45, 7) is 4.45. The van der Waals surface area contributed by atoms with Crippen LogP contribution in [0.3, 0.4) is 0 Å². The van der Waals surface area contributed by atoms with Crippen molar-refractivity contribution in [1.29, 1.82) is 0 Å². The van der Waals surface area contributed by atoms with E-state index in [9.17, 15) is 4.79 Å². The fourth-order valence-electron chi connectivity index (χ4n) is 2.42.